The number of hydrogen-bond acceptors (Lipinski definition) is 4. The number of rotatable bonds is 7. The maximum absolute atomic E-state index is 10.4. The van der Waals surface area contributed by atoms with E-state index in [2.05, 4.69) is 22.2 Å². The van der Waals surface area contributed by atoms with Gasteiger partial charge in [0.1, 0.15) is 12.4 Å². The molecule has 0 atom stereocenters. The van der Waals surface area contributed by atoms with Crippen LogP contribution in [-0.4, -0.2) is 73.9 Å². The molecule has 1 aromatic carbocycles. The molecule has 2 N–H and O–H groups in total. The van der Waals surface area contributed by atoms with Crippen LogP contribution in [0.3, 0.4) is 0 Å². The lowest BCUT2D eigenvalue weighted by atomic mass is 10.1. The summed E-state index contributed by atoms with van der Waals surface area (Å²) in [6.45, 7) is 6.55. The van der Waals surface area contributed by atoms with Gasteiger partial charge in [-0.05, 0) is 31.2 Å². The van der Waals surface area contributed by atoms with Gasteiger partial charge in [0.25, 0.3) is 0 Å². The molecule has 1 aliphatic heterocycles. The number of hydrogen-bond donors (Lipinski definition) is 2. The Morgan fingerprint density at radius 1 is 1.23 bits per heavy atom. The fraction of sp³-hybridized carbons (Fsp3) is 0.562. The summed E-state index contributed by atoms with van der Waals surface area (Å²) < 4.78 is 5.77. The quantitative estimate of drug-likeness (QED) is 0.790. The van der Waals surface area contributed by atoms with Gasteiger partial charge in [-0.2, -0.15) is 0 Å². The van der Waals surface area contributed by atoms with Gasteiger partial charge in [-0.1, -0.05) is 12.1 Å². The molecule has 0 spiro atoms. The van der Waals surface area contributed by atoms with Crippen LogP contribution in [0.4, 0.5) is 4.79 Å². The summed E-state index contributed by atoms with van der Waals surface area (Å²) in [7, 11) is 2.15. The van der Waals surface area contributed by atoms with Crippen LogP contribution in [0.5, 0.6) is 5.75 Å². The molecular formula is C16H25N3O3. The first-order valence-corrected chi connectivity index (χ1v) is 7.73. The van der Waals surface area contributed by atoms with Crippen molar-refractivity contribution in [3.8, 4) is 5.75 Å². The van der Waals surface area contributed by atoms with Crippen LogP contribution >= 0.6 is 0 Å². The van der Waals surface area contributed by atoms with E-state index in [1.807, 2.05) is 24.3 Å². The van der Waals surface area contributed by atoms with Crippen molar-refractivity contribution in [1.29, 1.82) is 0 Å². The molecule has 0 radical (unpaired) electrons. The molecule has 122 valence electrons. The van der Waals surface area contributed by atoms with Gasteiger partial charge in [0.05, 0.1) is 0 Å². The summed E-state index contributed by atoms with van der Waals surface area (Å²) in [4.78, 5) is 15.1. The minimum atomic E-state index is -0.983. The average molecular weight is 307 g/mol. The minimum absolute atomic E-state index is 0.430. The number of likely N-dealkylation sites (N-methyl/N-ethyl adjacent to an activating group) is 1. The Bertz CT molecular complexity index is 456. The third-order valence-electron chi connectivity index (χ3n) is 3.89. The molecule has 1 fully saturated rings. The summed E-state index contributed by atoms with van der Waals surface area (Å²) in [6.07, 6.45) is -0.294. The Morgan fingerprint density at radius 3 is 2.55 bits per heavy atom. The van der Waals surface area contributed by atoms with E-state index < -0.39 is 6.09 Å². The van der Waals surface area contributed by atoms with Gasteiger partial charge in [-0.3, -0.25) is 4.90 Å². The molecule has 1 heterocycles. The zero-order valence-corrected chi connectivity index (χ0v) is 13.1. The Hall–Kier alpha value is -1.79. The molecule has 0 aromatic heterocycles. The fourth-order valence-corrected chi connectivity index (χ4v) is 2.43. The molecule has 0 aliphatic carbocycles. The van der Waals surface area contributed by atoms with E-state index in [0.29, 0.717) is 19.6 Å². The van der Waals surface area contributed by atoms with E-state index in [4.69, 9.17) is 9.84 Å². The van der Waals surface area contributed by atoms with E-state index in [-0.39, 0.29) is 0 Å². The van der Waals surface area contributed by atoms with Crippen molar-refractivity contribution < 1.29 is 14.6 Å². The van der Waals surface area contributed by atoms with Gasteiger partial charge in [-0.25, -0.2) is 4.79 Å². The molecule has 6 heteroatoms. The van der Waals surface area contributed by atoms with Crippen LogP contribution in [0.1, 0.15) is 5.56 Å². The lowest BCUT2D eigenvalue weighted by Crippen LogP contribution is -2.45. The first kappa shape index (κ1) is 16.6. The van der Waals surface area contributed by atoms with Gasteiger partial charge in [0, 0.05) is 39.3 Å². The Balaban J connectivity index is 1.64. The topological polar surface area (TPSA) is 65.0 Å². The van der Waals surface area contributed by atoms with Crippen LogP contribution in [0.2, 0.25) is 0 Å². The number of nitrogens with zero attached hydrogens (tertiary/aromatic N) is 2. The molecule has 2 rings (SSSR count). The molecule has 1 saturated heterocycles. The number of benzene rings is 1. The van der Waals surface area contributed by atoms with Crippen molar-refractivity contribution in [2.75, 3.05) is 52.9 Å². The summed E-state index contributed by atoms with van der Waals surface area (Å²) in [5.41, 5.74) is 1.10. The minimum Gasteiger partial charge on any atom is -0.492 e. The van der Waals surface area contributed by atoms with E-state index >= 15 is 0 Å². The van der Waals surface area contributed by atoms with Crippen LogP contribution < -0.4 is 10.1 Å². The molecular weight excluding hydrogens is 282 g/mol. The molecule has 0 saturated carbocycles. The fourth-order valence-electron chi connectivity index (χ4n) is 2.43. The molecule has 1 aliphatic rings. The van der Waals surface area contributed by atoms with Crippen molar-refractivity contribution in [2.45, 2.75) is 6.42 Å². The second-order valence-electron chi connectivity index (χ2n) is 5.62. The van der Waals surface area contributed by atoms with Crippen molar-refractivity contribution in [3.05, 3.63) is 29.8 Å². The lowest BCUT2D eigenvalue weighted by molar-refractivity contribution is 0.133. The highest BCUT2D eigenvalue weighted by Gasteiger charge is 2.13. The molecule has 1 amide bonds. The van der Waals surface area contributed by atoms with Gasteiger partial charge >= 0.3 is 6.09 Å². The molecule has 0 bridgehead atoms. The largest absolute Gasteiger partial charge is 0.492 e. The summed E-state index contributed by atoms with van der Waals surface area (Å²) in [5, 5.41) is 10.9. The highest BCUT2D eigenvalue weighted by atomic mass is 16.5. The molecule has 22 heavy (non-hydrogen) atoms. The van der Waals surface area contributed by atoms with E-state index in [0.717, 1.165) is 44.0 Å². The predicted octanol–water partition coefficient (Wildman–Crippen LogP) is 1.12. The maximum Gasteiger partial charge on any atom is 0.404 e. The van der Waals surface area contributed by atoms with Crippen molar-refractivity contribution >= 4 is 6.09 Å². The zero-order chi connectivity index (χ0) is 15.8. The highest BCUT2D eigenvalue weighted by Crippen LogP contribution is 2.12. The zero-order valence-electron chi connectivity index (χ0n) is 13.1. The smallest absolute Gasteiger partial charge is 0.404 e. The molecule has 6 nitrogen and oxygen atoms in total. The Labute approximate surface area is 131 Å². The summed E-state index contributed by atoms with van der Waals surface area (Å²) >= 11 is 0. The van der Waals surface area contributed by atoms with Crippen LogP contribution in [0.15, 0.2) is 24.3 Å². The number of nitrogens with one attached hydrogen (secondary N) is 1. The average Bonchev–Trinajstić information content (AvgIpc) is 2.50. The second kappa shape index (κ2) is 8.60. The third-order valence-corrected chi connectivity index (χ3v) is 3.89. The molecule has 0 unspecified atom stereocenters. The number of carbonyl (C=O) groups is 1. The van der Waals surface area contributed by atoms with Gasteiger partial charge < -0.3 is 20.1 Å². The van der Waals surface area contributed by atoms with Crippen molar-refractivity contribution in [3.63, 3.8) is 0 Å². The van der Waals surface area contributed by atoms with Gasteiger partial charge in [-0.15, -0.1) is 0 Å². The monoisotopic (exact) mass is 307 g/mol. The van der Waals surface area contributed by atoms with Gasteiger partial charge in [0.2, 0.25) is 0 Å². The summed E-state index contributed by atoms with van der Waals surface area (Å²) in [5.74, 6) is 0.865. The summed E-state index contributed by atoms with van der Waals surface area (Å²) in [6, 6.07) is 7.85. The number of amides is 1. The second-order valence-corrected chi connectivity index (χ2v) is 5.62. The van der Waals surface area contributed by atoms with Crippen LogP contribution in [0, 0.1) is 0 Å². The first-order valence-electron chi connectivity index (χ1n) is 7.73. The van der Waals surface area contributed by atoms with E-state index in [1.54, 1.807) is 0 Å². The van der Waals surface area contributed by atoms with Gasteiger partial charge in [0.15, 0.2) is 0 Å². The van der Waals surface area contributed by atoms with E-state index in [9.17, 15) is 4.79 Å². The Kier molecular flexibility index (Phi) is 6.48. The van der Waals surface area contributed by atoms with Crippen LogP contribution in [-0.2, 0) is 6.42 Å². The van der Waals surface area contributed by atoms with Crippen LogP contribution in [0.25, 0.3) is 0 Å². The van der Waals surface area contributed by atoms with E-state index in [1.165, 1.54) is 0 Å². The predicted molar refractivity (Wildman–Crippen MR) is 85.6 cm³/mol. The number of piperazine rings is 1. The van der Waals surface area contributed by atoms with Crippen molar-refractivity contribution in [1.82, 2.24) is 15.1 Å². The highest BCUT2D eigenvalue weighted by molar-refractivity contribution is 5.64. The lowest BCUT2D eigenvalue weighted by Gasteiger charge is -2.32. The molecule has 1 aromatic rings. The standard InChI is InChI=1S/C16H25N3O3/c1-18-8-10-19(11-9-18)12-13-22-15-4-2-14(3-5-15)6-7-17-16(20)21/h2-5,17H,6-13H2,1H3,(H,20,21). The number of carboxylic acid groups (broad SMARTS) is 1. The third kappa shape index (κ3) is 5.91. The Morgan fingerprint density at radius 2 is 1.91 bits per heavy atom. The SMILES string of the molecule is CN1CCN(CCOc2ccc(CCNC(=O)O)cc2)CC1. The van der Waals surface area contributed by atoms with Crippen molar-refractivity contribution in [2.24, 2.45) is 0 Å². The maximum atomic E-state index is 10.4. The normalized spacial score (nSPS) is 16.4. The first-order chi connectivity index (χ1) is 10.6. The number of ether oxygens (including phenoxy) is 1.